The molecule has 0 heterocycles. The number of hydrogen-bond donors (Lipinski definition) is 0. The number of hydrogen-bond acceptors (Lipinski definition) is 12. The van der Waals surface area contributed by atoms with Crippen molar-refractivity contribution in [2.24, 2.45) is 0 Å². The Balaban J connectivity index is 0.00000203. The van der Waals surface area contributed by atoms with Crippen molar-refractivity contribution in [3.8, 4) is 51.7 Å². The standard InChI is InChI=1S/C54H87O9S.CHF3O3S/c1-10-19-28-55-43-37-46(58-31-22-13-4)52(47(38-43)59-32-23-14-5)64(53-48(60-33-24-15-6)39-44(56-29-20-11-2)40-49(53)61-34-25-16-7)54-50(62-35-26-17-8)41-45(57-30-21-12-3)42-51(54)63-36-27-18-9;2-1(3,4)8(5,6)7/h37-42H,10-36H2,1-9H3;(H,5,6,7)/q+1;/p-1. The fourth-order valence-electron chi connectivity index (χ4n) is 6.42. The van der Waals surface area contributed by atoms with E-state index in [0.29, 0.717) is 94.0 Å². The van der Waals surface area contributed by atoms with Crippen molar-refractivity contribution < 1.29 is 68.8 Å². The maximum Gasteiger partial charge on any atom is 0.485 e. The van der Waals surface area contributed by atoms with Crippen LogP contribution in [0.15, 0.2) is 51.1 Å². The van der Waals surface area contributed by atoms with Gasteiger partial charge >= 0.3 is 5.51 Å². The van der Waals surface area contributed by atoms with Gasteiger partial charge in [-0.2, -0.15) is 13.2 Å². The third-order valence-electron chi connectivity index (χ3n) is 10.7. The third kappa shape index (κ3) is 23.0. The lowest BCUT2D eigenvalue weighted by atomic mass is 10.2. The molecule has 0 atom stereocenters. The van der Waals surface area contributed by atoms with Crippen molar-refractivity contribution >= 4 is 21.0 Å². The van der Waals surface area contributed by atoms with Gasteiger partial charge in [0.2, 0.25) is 0 Å². The molecule has 0 bridgehead atoms. The van der Waals surface area contributed by atoms with Gasteiger partial charge in [0, 0.05) is 36.4 Å². The molecule has 0 spiro atoms. The Bertz CT molecular complexity index is 1750. The van der Waals surface area contributed by atoms with Crippen LogP contribution in [0.25, 0.3) is 0 Å². The zero-order valence-corrected chi connectivity index (χ0v) is 46.5. The fourth-order valence-corrected chi connectivity index (χ4v) is 8.95. The van der Waals surface area contributed by atoms with Crippen LogP contribution in [-0.4, -0.2) is 77.9 Å². The predicted octanol–water partition coefficient (Wildman–Crippen LogP) is 15.4. The average Bonchev–Trinajstić information content (AvgIpc) is 3.33. The number of ether oxygens (including phenoxy) is 9. The van der Waals surface area contributed by atoms with E-state index in [2.05, 4.69) is 98.7 Å². The highest BCUT2D eigenvalue weighted by atomic mass is 32.2. The number of unbranched alkanes of at least 4 members (excludes halogenated alkanes) is 9. The second-order valence-electron chi connectivity index (χ2n) is 17.3. The molecule has 0 amide bonds. The van der Waals surface area contributed by atoms with E-state index in [1.165, 1.54) is 0 Å². The summed E-state index contributed by atoms with van der Waals surface area (Å²) in [7, 11) is -7.17. The van der Waals surface area contributed by atoms with Crippen molar-refractivity contribution in [1.82, 2.24) is 0 Å². The Morgan fingerprint density at radius 1 is 0.361 bits per heavy atom. The van der Waals surface area contributed by atoms with E-state index in [4.69, 9.17) is 55.6 Å². The molecule has 72 heavy (non-hydrogen) atoms. The predicted molar refractivity (Wildman–Crippen MR) is 281 cm³/mol. The second-order valence-corrected chi connectivity index (χ2v) is 20.5. The molecule has 0 aromatic heterocycles. The second kappa shape index (κ2) is 36.8. The molecule has 3 aromatic carbocycles. The first-order valence-electron chi connectivity index (χ1n) is 26.6. The summed E-state index contributed by atoms with van der Waals surface area (Å²) in [5.74, 6) is 6.33. The highest BCUT2D eigenvalue weighted by Gasteiger charge is 2.47. The number of benzene rings is 3. The van der Waals surface area contributed by atoms with Crippen LogP contribution in [0.1, 0.15) is 178 Å². The van der Waals surface area contributed by atoms with Crippen LogP contribution in [0.5, 0.6) is 51.7 Å². The molecule has 3 rings (SSSR count). The third-order valence-corrected chi connectivity index (χ3v) is 13.7. The highest BCUT2D eigenvalue weighted by Crippen LogP contribution is 2.56. The summed E-state index contributed by atoms with van der Waals surface area (Å²) in [5, 5.41) is 0. The smallest absolute Gasteiger partial charge is 0.485 e. The highest BCUT2D eigenvalue weighted by molar-refractivity contribution is 7.97. The molecular formula is C55H87F3O12S2. The normalized spacial score (nSPS) is 11.5. The Kier molecular flexibility index (Phi) is 32.7. The molecule has 0 aliphatic carbocycles. The topological polar surface area (TPSA) is 140 Å². The molecule has 0 aliphatic rings. The average molecular weight is 1060 g/mol. The molecule has 0 saturated carbocycles. The number of alkyl halides is 3. The first-order chi connectivity index (χ1) is 34.7. The zero-order valence-electron chi connectivity index (χ0n) is 44.9. The van der Waals surface area contributed by atoms with Gasteiger partial charge in [-0.05, 0) is 57.8 Å². The van der Waals surface area contributed by atoms with Gasteiger partial charge in [-0.3, -0.25) is 0 Å². The Morgan fingerprint density at radius 3 is 0.653 bits per heavy atom. The van der Waals surface area contributed by atoms with Gasteiger partial charge in [0.1, 0.15) is 28.1 Å². The number of rotatable bonds is 39. The van der Waals surface area contributed by atoms with E-state index < -0.39 is 26.5 Å². The fraction of sp³-hybridized carbons (Fsp3) is 0.673. The van der Waals surface area contributed by atoms with Gasteiger partial charge in [-0.1, -0.05) is 120 Å². The van der Waals surface area contributed by atoms with Crippen molar-refractivity contribution in [3.05, 3.63) is 36.4 Å². The Labute approximate surface area is 433 Å². The quantitative estimate of drug-likeness (QED) is 0.0232. The van der Waals surface area contributed by atoms with Crippen LogP contribution in [0.4, 0.5) is 13.2 Å². The lowest BCUT2D eigenvalue weighted by molar-refractivity contribution is -0.0517. The molecule has 0 N–H and O–H groups in total. The zero-order chi connectivity index (χ0) is 53.2. The molecular weight excluding hydrogens is 974 g/mol. The van der Waals surface area contributed by atoms with E-state index in [0.717, 1.165) is 148 Å². The lowest BCUT2D eigenvalue weighted by Gasteiger charge is -2.24. The van der Waals surface area contributed by atoms with E-state index in [-0.39, 0.29) is 0 Å². The van der Waals surface area contributed by atoms with Crippen molar-refractivity contribution in [1.29, 1.82) is 0 Å². The summed E-state index contributed by atoms with van der Waals surface area (Å²) >= 11 is 0. The molecule has 0 fully saturated rings. The minimum atomic E-state index is -6.09. The minimum absolute atomic E-state index is 0.529. The van der Waals surface area contributed by atoms with Gasteiger partial charge in [0.05, 0.1) is 59.5 Å². The van der Waals surface area contributed by atoms with Gasteiger partial charge in [0.15, 0.2) is 44.6 Å². The molecule has 412 valence electrons. The monoisotopic (exact) mass is 1060 g/mol. The summed E-state index contributed by atoms with van der Waals surface area (Å²) in [5.41, 5.74) is -5.65. The van der Waals surface area contributed by atoms with Crippen LogP contribution in [-0.2, 0) is 21.0 Å². The van der Waals surface area contributed by atoms with Crippen LogP contribution >= 0.6 is 0 Å². The SMILES string of the molecule is CCCCOc1cc(OCCCC)c([S+](c2c(OCCCC)cc(OCCCC)cc2OCCCC)c2c(OCCCC)cc(OCCCC)cc2OCCCC)c(OCCCC)c1.O=S(=O)([O-])C(F)(F)F. The molecule has 0 unspecified atom stereocenters. The van der Waals surface area contributed by atoms with E-state index in [9.17, 15) is 13.2 Å². The largest absolute Gasteiger partial charge is 0.741 e. The Hall–Kier alpha value is -4.09. The Morgan fingerprint density at radius 2 is 0.514 bits per heavy atom. The minimum Gasteiger partial charge on any atom is -0.741 e. The van der Waals surface area contributed by atoms with Crippen molar-refractivity contribution in [2.75, 3.05) is 59.5 Å². The molecule has 0 aliphatic heterocycles. The summed E-state index contributed by atoms with van der Waals surface area (Å²) < 4.78 is 120. The summed E-state index contributed by atoms with van der Waals surface area (Å²) in [6.07, 6.45) is 17.2. The molecule has 17 heteroatoms. The maximum absolute atomic E-state index is 10.7. The summed E-state index contributed by atoms with van der Waals surface area (Å²) in [6.45, 7) is 24.6. The molecule has 0 saturated heterocycles. The van der Waals surface area contributed by atoms with Gasteiger partial charge in [0.25, 0.3) is 14.7 Å². The van der Waals surface area contributed by atoms with Gasteiger partial charge < -0.3 is 47.2 Å². The van der Waals surface area contributed by atoms with Crippen molar-refractivity contribution in [2.45, 2.75) is 198 Å². The van der Waals surface area contributed by atoms with Gasteiger partial charge in [-0.15, -0.1) is 0 Å². The van der Waals surface area contributed by atoms with E-state index >= 15 is 0 Å². The van der Waals surface area contributed by atoms with Crippen molar-refractivity contribution in [3.63, 3.8) is 0 Å². The summed E-state index contributed by atoms with van der Waals surface area (Å²) in [6, 6.07) is 12.3. The van der Waals surface area contributed by atoms with Crippen LogP contribution in [0.2, 0.25) is 0 Å². The van der Waals surface area contributed by atoms with Crippen LogP contribution in [0, 0.1) is 0 Å². The molecule has 12 nitrogen and oxygen atoms in total. The molecule has 3 aromatic rings. The lowest BCUT2D eigenvalue weighted by Crippen LogP contribution is -2.21. The van der Waals surface area contributed by atoms with E-state index in [1.807, 2.05) is 0 Å². The maximum atomic E-state index is 10.7. The number of halogens is 3. The van der Waals surface area contributed by atoms with Crippen LogP contribution < -0.4 is 42.6 Å². The van der Waals surface area contributed by atoms with E-state index in [1.54, 1.807) is 0 Å². The van der Waals surface area contributed by atoms with Crippen LogP contribution in [0.3, 0.4) is 0 Å². The first kappa shape index (κ1) is 64.0. The van der Waals surface area contributed by atoms with Gasteiger partial charge in [-0.25, -0.2) is 8.42 Å². The summed E-state index contributed by atoms with van der Waals surface area (Å²) in [4.78, 5) is 2.61. The first-order valence-corrected chi connectivity index (χ1v) is 29.3. The molecule has 0 radical (unpaired) electrons.